The van der Waals surface area contributed by atoms with Crippen LogP contribution >= 0.6 is 0 Å². The Labute approximate surface area is 66.0 Å². The summed E-state index contributed by atoms with van der Waals surface area (Å²) >= 11 is 2.02. The van der Waals surface area contributed by atoms with Gasteiger partial charge < -0.3 is 0 Å². The third-order valence-corrected chi connectivity index (χ3v) is 1.69. The van der Waals surface area contributed by atoms with Gasteiger partial charge in [0.1, 0.15) is 0 Å². The molecule has 0 aliphatic carbocycles. The molecule has 0 N–H and O–H groups in total. The molecule has 0 aliphatic heterocycles. The van der Waals surface area contributed by atoms with Gasteiger partial charge in [-0.15, -0.1) is 0 Å². The van der Waals surface area contributed by atoms with E-state index in [2.05, 4.69) is 15.4 Å². The summed E-state index contributed by atoms with van der Waals surface area (Å²) in [4.78, 5) is 4.12. The Morgan fingerprint density at radius 2 is 2.44 bits per heavy atom. The molecule has 0 aliphatic rings. The molecule has 0 saturated carbocycles. The number of hydrogen-bond acceptors (Lipinski definition) is 1. The molecule has 0 amide bonds. The minimum atomic E-state index is 1.10. The van der Waals surface area contributed by atoms with Gasteiger partial charge in [0, 0.05) is 0 Å². The summed E-state index contributed by atoms with van der Waals surface area (Å²) in [6.07, 6.45) is 1.81. The maximum atomic E-state index is 4.12. The number of aryl methyl sites for hydroxylation is 1. The van der Waals surface area contributed by atoms with E-state index < -0.39 is 0 Å². The Bertz CT molecular complexity index is 220. The van der Waals surface area contributed by atoms with Crippen LogP contribution in [-0.4, -0.2) is 9.30 Å². The van der Waals surface area contributed by atoms with Crippen molar-refractivity contribution in [2.24, 2.45) is 0 Å². The zero-order chi connectivity index (χ0) is 6.69. The first-order valence-electron chi connectivity index (χ1n) is 2.76. The molecule has 0 bridgehead atoms. The van der Waals surface area contributed by atoms with E-state index in [4.69, 9.17) is 0 Å². The fourth-order valence-corrected chi connectivity index (χ4v) is 1.13. The molecule has 1 rings (SSSR count). The molecule has 1 aromatic heterocycles. The first kappa shape index (κ1) is 6.85. The topological polar surface area (TPSA) is 12.9 Å². The molecule has 0 radical (unpaired) electrons. The number of hydrogen-bond donors (Lipinski definition) is 0. The van der Waals surface area contributed by atoms with Crippen molar-refractivity contribution in [2.75, 3.05) is 0 Å². The molecule has 0 unspecified atom stereocenters. The third kappa shape index (κ3) is 1.57. The summed E-state index contributed by atoms with van der Waals surface area (Å²) in [5.74, 6) is 0. The second-order valence-corrected chi connectivity index (χ2v) is 2.27. The van der Waals surface area contributed by atoms with Crippen LogP contribution in [-0.2, 0) is 20.0 Å². The Morgan fingerprint density at radius 3 is 2.89 bits per heavy atom. The van der Waals surface area contributed by atoms with Crippen molar-refractivity contribution < 1.29 is 20.0 Å². The van der Waals surface area contributed by atoms with Crippen LogP contribution in [0, 0.1) is 6.92 Å². The Kier molecular flexibility index (Phi) is 2.32. The van der Waals surface area contributed by atoms with Crippen LogP contribution in [0.3, 0.4) is 0 Å². The molecule has 0 spiro atoms. The SMILES string of the molecule is Cc1ncccc1[CH]=[Ti]. The van der Waals surface area contributed by atoms with Crippen LogP contribution in [0.4, 0.5) is 0 Å². The molecule has 0 aromatic carbocycles. The number of aromatic nitrogens is 1. The van der Waals surface area contributed by atoms with Gasteiger partial charge in [-0.3, -0.25) is 0 Å². The Hall–Kier alpha value is -0.266. The predicted octanol–water partition coefficient (Wildman–Crippen LogP) is 1.09. The van der Waals surface area contributed by atoms with E-state index in [1.165, 1.54) is 5.56 Å². The van der Waals surface area contributed by atoms with E-state index in [0.29, 0.717) is 0 Å². The average Bonchev–Trinajstić information content (AvgIpc) is 1.89. The summed E-state index contributed by atoms with van der Waals surface area (Å²) < 4.78 is 2.06. The molecule has 2 heteroatoms. The molecule has 0 fully saturated rings. The molecule has 1 aromatic rings. The van der Waals surface area contributed by atoms with Gasteiger partial charge in [0.05, 0.1) is 0 Å². The average molecular weight is 153 g/mol. The molecular formula is C7H7NTi. The second kappa shape index (κ2) is 3.04. The van der Waals surface area contributed by atoms with Crippen molar-refractivity contribution >= 4 is 4.31 Å². The first-order chi connectivity index (χ1) is 4.34. The van der Waals surface area contributed by atoms with Crippen molar-refractivity contribution in [3.05, 3.63) is 29.6 Å². The van der Waals surface area contributed by atoms with Crippen LogP contribution in [0.25, 0.3) is 0 Å². The maximum absolute atomic E-state index is 4.12. The van der Waals surface area contributed by atoms with E-state index >= 15 is 0 Å². The molecule has 1 nitrogen and oxygen atoms in total. The number of pyridine rings is 1. The van der Waals surface area contributed by atoms with Gasteiger partial charge in [-0.1, -0.05) is 0 Å². The fourth-order valence-electron chi connectivity index (χ4n) is 0.649. The first-order valence-corrected chi connectivity index (χ1v) is 3.67. The zero-order valence-electron chi connectivity index (χ0n) is 5.26. The molecule has 1 heterocycles. The molecule has 0 saturated heterocycles. The number of nitrogens with zero attached hydrogens (tertiary/aromatic N) is 1. The Morgan fingerprint density at radius 1 is 1.67 bits per heavy atom. The van der Waals surface area contributed by atoms with Gasteiger partial charge in [0.15, 0.2) is 0 Å². The molecular weight excluding hydrogens is 146 g/mol. The monoisotopic (exact) mass is 153 g/mol. The Balaban J connectivity index is 3.15. The summed E-state index contributed by atoms with van der Waals surface area (Å²) in [7, 11) is 0. The second-order valence-electron chi connectivity index (χ2n) is 1.82. The van der Waals surface area contributed by atoms with Crippen LogP contribution < -0.4 is 0 Å². The number of rotatable bonds is 1. The minimum absolute atomic E-state index is 1.10. The normalized spacial score (nSPS) is 8.89. The molecule has 9 heavy (non-hydrogen) atoms. The van der Waals surface area contributed by atoms with Crippen molar-refractivity contribution in [2.45, 2.75) is 6.92 Å². The quantitative estimate of drug-likeness (QED) is 0.550. The van der Waals surface area contributed by atoms with E-state index in [9.17, 15) is 0 Å². The summed E-state index contributed by atoms with van der Waals surface area (Å²) in [5.41, 5.74) is 2.32. The standard InChI is InChI=1S/C7H7N.Ti/c1-6-4-3-5-8-7(6)2;/h1,3-5H,2H3;. The van der Waals surface area contributed by atoms with Crippen molar-refractivity contribution in [3.63, 3.8) is 0 Å². The predicted molar refractivity (Wildman–Crippen MR) is 34.1 cm³/mol. The van der Waals surface area contributed by atoms with Crippen LogP contribution in [0.2, 0.25) is 0 Å². The van der Waals surface area contributed by atoms with Gasteiger partial charge in [-0.2, -0.15) is 0 Å². The molecule has 0 atom stereocenters. The summed E-state index contributed by atoms with van der Waals surface area (Å²) in [6.45, 7) is 2.01. The van der Waals surface area contributed by atoms with Gasteiger partial charge in [0.25, 0.3) is 0 Å². The van der Waals surface area contributed by atoms with Crippen molar-refractivity contribution in [3.8, 4) is 0 Å². The van der Waals surface area contributed by atoms with Crippen molar-refractivity contribution in [1.82, 2.24) is 4.98 Å². The zero-order valence-corrected chi connectivity index (χ0v) is 6.82. The van der Waals surface area contributed by atoms with Gasteiger partial charge in [-0.25, -0.2) is 0 Å². The van der Waals surface area contributed by atoms with E-state index in [0.717, 1.165) is 5.69 Å². The van der Waals surface area contributed by atoms with Gasteiger partial charge >= 0.3 is 65.8 Å². The third-order valence-electron chi connectivity index (χ3n) is 1.20. The van der Waals surface area contributed by atoms with Crippen LogP contribution in [0.5, 0.6) is 0 Å². The van der Waals surface area contributed by atoms with Crippen LogP contribution in [0.15, 0.2) is 18.3 Å². The van der Waals surface area contributed by atoms with Gasteiger partial charge in [-0.05, 0) is 0 Å². The van der Waals surface area contributed by atoms with E-state index in [-0.39, 0.29) is 0 Å². The van der Waals surface area contributed by atoms with Crippen molar-refractivity contribution in [1.29, 1.82) is 0 Å². The van der Waals surface area contributed by atoms with Crippen LogP contribution in [0.1, 0.15) is 11.3 Å². The molecule has 44 valence electrons. The van der Waals surface area contributed by atoms with E-state index in [1.807, 2.05) is 39.2 Å². The fraction of sp³-hybridized carbons (Fsp3) is 0.143. The summed E-state index contributed by atoms with van der Waals surface area (Å²) in [5, 5.41) is 0. The summed E-state index contributed by atoms with van der Waals surface area (Å²) in [6, 6.07) is 4.00. The van der Waals surface area contributed by atoms with E-state index in [1.54, 1.807) is 0 Å². The van der Waals surface area contributed by atoms with Gasteiger partial charge in [0.2, 0.25) is 0 Å².